The van der Waals surface area contributed by atoms with Crippen LogP contribution in [0.15, 0.2) is 30.3 Å². The third-order valence-corrected chi connectivity index (χ3v) is 2.16. The van der Waals surface area contributed by atoms with Crippen molar-refractivity contribution in [2.45, 2.75) is 13.0 Å². The highest BCUT2D eigenvalue weighted by atomic mass is 16.5. The van der Waals surface area contributed by atoms with Crippen molar-refractivity contribution >= 4 is 5.91 Å². The van der Waals surface area contributed by atoms with Crippen molar-refractivity contribution in [3.8, 4) is 0 Å². The molecular formula is C12H17NO3. The van der Waals surface area contributed by atoms with Crippen LogP contribution in [0.2, 0.25) is 0 Å². The molecule has 4 nitrogen and oxygen atoms in total. The molecule has 0 aliphatic heterocycles. The molecule has 88 valence electrons. The van der Waals surface area contributed by atoms with Crippen LogP contribution in [0.25, 0.3) is 0 Å². The van der Waals surface area contributed by atoms with E-state index >= 15 is 0 Å². The van der Waals surface area contributed by atoms with Gasteiger partial charge in [0.25, 0.3) is 0 Å². The van der Waals surface area contributed by atoms with Crippen LogP contribution < -0.4 is 5.32 Å². The molecule has 0 bridgehead atoms. The Labute approximate surface area is 95.2 Å². The number of amides is 1. The second kappa shape index (κ2) is 6.98. The molecule has 0 saturated carbocycles. The van der Waals surface area contributed by atoms with Crippen molar-refractivity contribution < 1.29 is 14.6 Å². The number of carbonyl (C=O) groups is 1. The average Bonchev–Trinajstić information content (AvgIpc) is 2.34. The van der Waals surface area contributed by atoms with Crippen molar-refractivity contribution in [2.75, 3.05) is 19.8 Å². The van der Waals surface area contributed by atoms with Crippen LogP contribution in [0.4, 0.5) is 0 Å². The topological polar surface area (TPSA) is 58.6 Å². The molecule has 1 aromatic carbocycles. The average molecular weight is 223 g/mol. The van der Waals surface area contributed by atoms with Gasteiger partial charge in [0, 0.05) is 6.61 Å². The third kappa shape index (κ3) is 4.00. The smallest absolute Gasteiger partial charge is 0.246 e. The molecule has 0 aliphatic rings. The van der Waals surface area contributed by atoms with Crippen molar-refractivity contribution in [2.24, 2.45) is 0 Å². The lowest BCUT2D eigenvalue weighted by molar-refractivity contribution is -0.126. The van der Waals surface area contributed by atoms with Gasteiger partial charge in [-0.25, -0.2) is 0 Å². The zero-order valence-electron chi connectivity index (χ0n) is 9.35. The third-order valence-electron chi connectivity index (χ3n) is 2.16. The number of ether oxygens (including phenoxy) is 1. The maximum atomic E-state index is 11.4. The standard InChI is InChI=1S/C12H17NO3/c1-2-16-9-12(15)13-11(8-14)10-6-4-3-5-7-10/h3-7,11,14H,2,8-9H2,1H3,(H,13,15). The van der Waals surface area contributed by atoms with E-state index in [-0.39, 0.29) is 25.2 Å². The van der Waals surface area contributed by atoms with Crippen LogP contribution >= 0.6 is 0 Å². The van der Waals surface area contributed by atoms with E-state index in [9.17, 15) is 9.90 Å². The largest absolute Gasteiger partial charge is 0.394 e. The minimum absolute atomic E-state index is 0.0276. The number of hydrogen-bond donors (Lipinski definition) is 2. The van der Waals surface area contributed by atoms with Crippen molar-refractivity contribution in [3.05, 3.63) is 35.9 Å². The fourth-order valence-corrected chi connectivity index (χ4v) is 1.35. The van der Waals surface area contributed by atoms with Gasteiger partial charge < -0.3 is 15.2 Å². The predicted octanol–water partition coefficient (Wildman–Crippen LogP) is 0.873. The molecule has 0 saturated heterocycles. The Hall–Kier alpha value is -1.39. The minimum atomic E-state index is -0.367. The Bertz CT molecular complexity index is 313. The molecule has 0 spiro atoms. The lowest BCUT2D eigenvalue weighted by atomic mass is 10.1. The lowest BCUT2D eigenvalue weighted by Crippen LogP contribution is -2.33. The van der Waals surface area contributed by atoms with Crippen LogP contribution in [-0.4, -0.2) is 30.8 Å². The van der Waals surface area contributed by atoms with Crippen molar-refractivity contribution in [1.82, 2.24) is 5.32 Å². The molecule has 0 radical (unpaired) electrons. The molecule has 0 fully saturated rings. The number of benzene rings is 1. The first kappa shape index (κ1) is 12.7. The van der Waals surface area contributed by atoms with Gasteiger partial charge in [0.05, 0.1) is 12.6 Å². The summed E-state index contributed by atoms with van der Waals surface area (Å²) in [6.07, 6.45) is 0. The summed E-state index contributed by atoms with van der Waals surface area (Å²) in [5.74, 6) is -0.218. The number of carbonyl (C=O) groups excluding carboxylic acids is 1. The molecule has 16 heavy (non-hydrogen) atoms. The van der Waals surface area contributed by atoms with Gasteiger partial charge in [0.2, 0.25) is 5.91 Å². The molecule has 0 aliphatic carbocycles. The second-order valence-corrected chi connectivity index (χ2v) is 3.35. The number of hydrogen-bond acceptors (Lipinski definition) is 3. The number of aliphatic hydroxyl groups is 1. The highest BCUT2D eigenvalue weighted by molar-refractivity contribution is 5.77. The summed E-state index contributed by atoms with van der Waals surface area (Å²) in [6, 6.07) is 8.98. The van der Waals surface area contributed by atoms with E-state index in [4.69, 9.17) is 4.74 Å². The maximum absolute atomic E-state index is 11.4. The summed E-state index contributed by atoms with van der Waals surface area (Å²) >= 11 is 0. The van der Waals surface area contributed by atoms with Gasteiger partial charge in [0.1, 0.15) is 6.61 Å². The molecular weight excluding hydrogens is 206 g/mol. The Morgan fingerprint density at radius 1 is 1.44 bits per heavy atom. The molecule has 0 aromatic heterocycles. The summed E-state index contributed by atoms with van der Waals surface area (Å²) in [6.45, 7) is 2.23. The number of rotatable bonds is 6. The first-order valence-corrected chi connectivity index (χ1v) is 5.30. The Morgan fingerprint density at radius 3 is 2.69 bits per heavy atom. The quantitative estimate of drug-likeness (QED) is 0.752. The monoisotopic (exact) mass is 223 g/mol. The van der Waals surface area contributed by atoms with Gasteiger partial charge in [-0.2, -0.15) is 0 Å². The minimum Gasteiger partial charge on any atom is -0.394 e. The summed E-state index contributed by atoms with van der Waals surface area (Å²) in [5, 5.41) is 11.9. The zero-order valence-corrected chi connectivity index (χ0v) is 9.35. The zero-order chi connectivity index (χ0) is 11.8. The highest BCUT2D eigenvalue weighted by Gasteiger charge is 2.12. The maximum Gasteiger partial charge on any atom is 0.246 e. The predicted molar refractivity (Wildman–Crippen MR) is 60.9 cm³/mol. The molecule has 1 amide bonds. The number of aliphatic hydroxyl groups excluding tert-OH is 1. The van der Waals surface area contributed by atoms with Crippen LogP contribution in [-0.2, 0) is 9.53 Å². The van der Waals surface area contributed by atoms with Gasteiger partial charge in [0.15, 0.2) is 0 Å². The molecule has 1 aromatic rings. The summed E-state index contributed by atoms with van der Waals surface area (Å²) in [5.41, 5.74) is 0.884. The Kier molecular flexibility index (Phi) is 5.53. The van der Waals surface area contributed by atoms with Gasteiger partial charge >= 0.3 is 0 Å². The molecule has 1 atom stereocenters. The van der Waals surface area contributed by atoms with Gasteiger partial charge in [-0.3, -0.25) is 4.79 Å². The van der Waals surface area contributed by atoms with E-state index in [1.54, 1.807) is 0 Å². The SMILES string of the molecule is CCOCC(=O)NC(CO)c1ccccc1. The lowest BCUT2D eigenvalue weighted by Gasteiger charge is -2.16. The van der Waals surface area contributed by atoms with E-state index in [0.29, 0.717) is 6.61 Å². The van der Waals surface area contributed by atoms with Gasteiger partial charge in [-0.1, -0.05) is 30.3 Å². The molecule has 0 heterocycles. The number of nitrogens with one attached hydrogen (secondary N) is 1. The molecule has 4 heteroatoms. The van der Waals surface area contributed by atoms with Crippen LogP contribution in [0.3, 0.4) is 0 Å². The summed E-state index contributed by atoms with van der Waals surface area (Å²) in [7, 11) is 0. The molecule has 2 N–H and O–H groups in total. The van der Waals surface area contributed by atoms with E-state index in [0.717, 1.165) is 5.56 Å². The van der Waals surface area contributed by atoms with Gasteiger partial charge in [-0.05, 0) is 12.5 Å². The highest BCUT2D eigenvalue weighted by Crippen LogP contribution is 2.11. The second-order valence-electron chi connectivity index (χ2n) is 3.35. The van der Waals surface area contributed by atoms with E-state index in [1.165, 1.54) is 0 Å². The Balaban J connectivity index is 2.52. The molecule has 1 rings (SSSR count). The van der Waals surface area contributed by atoms with Crippen LogP contribution in [0, 0.1) is 0 Å². The van der Waals surface area contributed by atoms with Crippen molar-refractivity contribution in [3.63, 3.8) is 0 Å². The fourth-order valence-electron chi connectivity index (χ4n) is 1.35. The van der Waals surface area contributed by atoms with E-state index in [1.807, 2.05) is 37.3 Å². The first-order chi connectivity index (χ1) is 7.77. The fraction of sp³-hybridized carbons (Fsp3) is 0.417. The van der Waals surface area contributed by atoms with E-state index in [2.05, 4.69) is 5.32 Å². The Morgan fingerprint density at radius 2 is 2.12 bits per heavy atom. The van der Waals surface area contributed by atoms with Crippen LogP contribution in [0.5, 0.6) is 0 Å². The van der Waals surface area contributed by atoms with Crippen molar-refractivity contribution in [1.29, 1.82) is 0 Å². The molecule has 1 unspecified atom stereocenters. The normalized spacial score (nSPS) is 12.1. The van der Waals surface area contributed by atoms with Gasteiger partial charge in [-0.15, -0.1) is 0 Å². The summed E-state index contributed by atoms with van der Waals surface area (Å²) < 4.78 is 4.98. The van der Waals surface area contributed by atoms with Crippen LogP contribution in [0.1, 0.15) is 18.5 Å². The van der Waals surface area contributed by atoms with E-state index < -0.39 is 0 Å². The summed E-state index contributed by atoms with van der Waals surface area (Å²) in [4.78, 5) is 11.4. The first-order valence-electron chi connectivity index (χ1n) is 5.30.